The van der Waals surface area contributed by atoms with Gasteiger partial charge in [0.1, 0.15) is 11.4 Å². The van der Waals surface area contributed by atoms with Crippen LogP contribution in [0.3, 0.4) is 0 Å². The van der Waals surface area contributed by atoms with E-state index in [4.69, 9.17) is 9.40 Å². The van der Waals surface area contributed by atoms with E-state index in [0.717, 1.165) is 44.5 Å². The first-order chi connectivity index (χ1) is 11.7. The summed E-state index contributed by atoms with van der Waals surface area (Å²) in [5.74, 6) is 0.901. The molecule has 0 spiro atoms. The second kappa shape index (κ2) is 4.68. The molecule has 5 aromatic rings. The van der Waals surface area contributed by atoms with Crippen LogP contribution in [0.25, 0.3) is 44.5 Å². The Morgan fingerprint density at radius 1 is 0.875 bits per heavy atom. The molecule has 4 heteroatoms. The summed E-state index contributed by atoms with van der Waals surface area (Å²) >= 11 is 0. The zero-order valence-corrected chi connectivity index (χ0v) is 13.4. The molecule has 0 saturated carbocycles. The Balaban J connectivity index is 1.88. The van der Waals surface area contributed by atoms with E-state index in [1.54, 1.807) is 0 Å². The van der Waals surface area contributed by atoms with E-state index in [0.29, 0.717) is 5.71 Å². The van der Waals surface area contributed by atoms with E-state index in [1.165, 1.54) is 0 Å². The van der Waals surface area contributed by atoms with E-state index in [2.05, 4.69) is 33.8 Å². The standard InChI is InChI=1S/C20H15N3O/c1-12-10-11-14-13-6-5-7-15(18(13)24-20(14)21-12)19-22-16-8-3-4-9-17(16)23(19)2/h3-11H,1-2H3. The van der Waals surface area contributed by atoms with Gasteiger partial charge in [0.2, 0.25) is 5.71 Å². The molecule has 2 aromatic carbocycles. The van der Waals surface area contributed by atoms with Gasteiger partial charge in [0, 0.05) is 23.5 Å². The monoisotopic (exact) mass is 313 g/mol. The lowest BCUT2D eigenvalue weighted by molar-refractivity contribution is 0.653. The first-order valence-electron chi connectivity index (χ1n) is 7.93. The minimum atomic E-state index is 0.677. The van der Waals surface area contributed by atoms with E-state index in [1.807, 2.05) is 44.3 Å². The highest BCUT2D eigenvalue weighted by Crippen LogP contribution is 2.35. The van der Waals surface area contributed by atoms with Crippen LogP contribution < -0.4 is 0 Å². The van der Waals surface area contributed by atoms with Gasteiger partial charge in [0.15, 0.2) is 0 Å². The first kappa shape index (κ1) is 13.3. The zero-order chi connectivity index (χ0) is 16.3. The van der Waals surface area contributed by atoms with Crippen molar-refractivity contribution in [3.63, 3.8) is 0 Å². The number of hydrogen-bond acceptors (Lipinski definition) is 3. The molecule has 24 heavy (non-hydrogen) atoms. The number of aryl methyl sites for hydroxylation is 2. The molecular weight excluding hydrogens is 298 g/mol. The summed E-state index contributed by atoms with van der Waals surface area (Å²) < 4.78 is 8.21. The van der Waals surface area contributed by atoms with Gasteiger partial charge >= 0.3 is 0 Å². The van der Waals surface area contributed by atoms with Gasteiger partial charge in [-0.3, -0.25) is 0 Å². The summed E-state index contributed by atoms with van der Waals surface area (Å²) in [5.41, 5.74) is 5.54. The molecule has 0 unspecified atom stereocenters. The third-order valence-corrected chi connectivity index (χ3v) is 4.53. The van der Waals surface area contributed by atoms with Crippen molar-refractivity contribution in [2.24, 2.45) is 7.05 Å². The lowest BCUT2D eigenvalue weighted by Crippen LogP contribution is -1.92. The Bertz CT molecular complexity index is 1230. The number of fused-ring (bicyclic) bond motifs is 4. The summed E-state index contributed by atoms with van der Waals surface area (Å²) in [6.45, 7) is 1.97. The largest absolute Gasteiger partial charge is 0.437 e. The van der Waals surface area contributed by atoms with Crippen molar-refractivity contribution < 1.29 is 4.42 Å². The number of nitrogens with zero attached hydrogens (tertiary/aromatic N) is 3. The van der Waals surface area contributed by atoms with Gasteiger partial charge < -0.3 is 8.98 Å². The number of rotatable bonds is 1. The summed E-state index contributed by atoms with van der Waals surface area (Å²) in [6, 6.07) is 18.4. The van der Waals surface area contributed by atoms with Gasteiger partial charge in [-0.25, -0.2) is 9.97 Å². The van der Waals surface area contributed by atoms with E-state index in [-0.39, 0.29) is 0 Å². The number of benzene rings is 2. The predicted molar refractivity (Wildman–Crippen MR) is 96.0 cm³/mol. The first-order valence-corrected chi connectivity index (χ1v) is 7.93. The predicted octanol–water partition coefficient (Wildman–Crippen LogP) is 4.84. The highest BCUT2D eigenvalue weighted by molar-refractivity contribution is 6.08. The van der Waals surface area contributed by atoms with Crippen molar-refractivity contribution in [1.29, 1.82) is 0 Å². The van der Waals surface area contributed by atoms with Crippen molar-refractivity contribution >= 4 is 33.1 Å². The normalized spacial score (nSPS) is 11.8. The molecule has 5 rings (SSSR count). The van der Waals surface area contributed by atoms with Crippen LogP contribution in [-0.4, -0.2) is 14.5 Å². The van der Waals surface area contributed by atoms with Crippen LogP contribution in [0, 0.1) is 6.92 Å². The fraction of sp³-hybridized carbons (Fsp3) is 0.100. The molecule has 0 aliphatic rings. The SMILES string of the molecule is Cc1ccc2c(n1)oc1c(-c3nc4ccccc4n3C)cccc12. The Kier molecular flexibility index (Phi) is 2.59. The number of hydrogen-bond donors (Lipinski definition) is 0. The molecule has 116 valence electrons. The zero-order valence-electron chi connectivity index (χ0n) is 13.4. The lowest BCUT2D eigenvalue weighted by atomic mass is 10.1. The molecular formula is C20H15N3O. The fourth-order valence-electron chi connectivity index (χ4n) is 3.33. The van der Waals surface area contributed by atoms with Crippen LogP contribution in [0.15, 0.2) is 59.0 Å². The molecule has 0 N–H and O–H groups in total. The Labute approximate surface area is 138 Å². The average molecular weight is 313 g/mol. The molecule has 0 atom stereocenters. The van der Waals surface area contributed by atoms with Gasteiger partial charge in [0.05, 0.1) is 16.6 Å². The van der Waals surface area contributed by atoms with Gasteiger partial charge in [-0.15, -0.1) is 0 Å². The van der Waals surface area contributed by atoms with Crippen LogP contribution in [0.5, 0.6) is 0 Å². The Morgan fingerprint density at radius 2 is 1.75 bits per heavy atom. The van der Waals surface area contributed by atoms with Crippen molar-refractivity contribution in [2.75, 3.05) is 0 Å². The van der Waals surface area contributed by atoms with Crippen molar-refractivity contribution in [3.05, 3.63) is 60.3 Å². The number of pyridine rings is 1. The Hall–Kier alpha value is -3.14. The second-order valence-corrected chi connectivity index (χ2v) is 6.07. The van der Waals surface area contributed by atoms with Crippen LogP contribution in [0.4, 0.5) is 0 Å². The molecule has 3 heterocycles. The highest BCUT2D eigenvalue weighted by Gasteiger charge is 2.17. The topological polar surface area (TPSA) is 43.9 Å². The molecule has 0 aliphatic carbocycles. The molecule has 0 aliphatic heterocycles. The minimum absolute atomic E-state index is 0.677. The summed E-state index contributed by atoms with van der Waals surface area (Å²) in [4.78, 5) is 9.32. The van der Waals surface area contributed by atoms with Crippen molar-refractivity contribution in [2.45, 2.75) is 6.92 Å². The number of aromatic nitrogens is 3. The van der Waals surface area contributed by atoms with Crippen LogP contribution in [0.2, 0.25) is 0 Å². The molecule has 0 bridgehead atoms. The Morgan fingerprint density at radius 3 is 2.62 bits per heavy atom. The summed E-state index contributed by atoms with van der Waals surface area (Å²) in [6.07, 6.45) is 0. The molecule has 0 fully saturated rings. The maximum Gasteiger partial charge on any atom is 0.227 e. The molecule has 0 amide bonds. The van der Waals surface area contributed by atoms with Crippen LogP contribution >= 0.6 is 0 Å². The van der Waals surface area contributed by atoms with Gasteiger partial charge in [-0.2, -0.15) is 0 Å². The third-order valence-electron chi connectivity index (χ3n) is 4.53. The molecule has 3 aromatic heterocycles. The quantitative estimate of drug-likeness (QED) is 0.444. The molecule has 0 radical (unpaired) electrons. The summed E-state index contributed by atoms with van der Waals surface area (Å²) in [7, 11) is 2.04. The maximum atomic E-state index is 6.11. The summed E-state index contributed by atoms with van der Waals surface area (Å²) in [5, 5.41) is 2.11. The fourth-order valence-corrected chi connectivity index (χ4v) is 3.33. The molecule has 4 nitrogen and oxygen atoms in total. The van der Waals surface area contributed by atoms with Gasteiger partial charge in [-0.05, 0) is 37.3 Å². The highest BCUT2D eigenvalue weighted by atomic mass is 16.3. The van der Waals surface area contributed by atoms with Crippen molar-refractivity contribution in [3.8, 4) is 11.4 Å². The smallest absolute Gasteiger partial charge is 0.227 e. The van der Waals surface area contributed by atoms with Crippen molar-refractivity contribution in [1.82, 2.24) is 14.5 Å². The van der Waals surface area contributed by atoms with Crippen LogP contribution in [-0.2, 0) is 7.05 Å². The van der Waals surface area contributed by atoms with Gasteiger partial charge in [-0.1, -0.05) is 24.3 Å². The average Bonchev–Trinajstić information content (AvgIpc) is 3.12. The van der Waals surface area contributed by atoms with E-state index < -0.39 is 0 Å². The number of para-hydroxylation sites is 3. The maximum absolute atomic E-state index is 6.11. The second-order valence-electron chi connectivity index (χ2n) is 6.07. The van der Waals surface area contributed by atoms with E-state index in [9.17, 15) is 0 Å². The molecule has 0 saturated heterocycles. The van der Waals surface area contributed by atoms with Crippen LogP contribution in [0.1, 0.15) is 5.69 Å². The number of imidazole rings is 1. The van der Waals surface area contributed by atoms with E-state index >= 15 is 0 Å². The lowest BCUT2D eigenvalue weighted by Gasteiger charge is -2.03. The third kappa shape index (κ3) is 1.74. The minimum Gasteiger partial charge on any atom is -0.437 e. The van der Waals surface area contributed by atoms with Gasteiger partial charge in [0.25, 0.3) is 0 Å². The number of furan rings is 1.